The molecule has 0 atom stereocenters. The highest BCUT2D eigenvalue weighted by Gasteiger charge is 2.01. The Labute approximate surface area is 111 Å². The van der Waals surface area contributed by atoms with Gasteiger partial charge in [-0.1, -0.05) is 35.8 Å². The van der Waals surface area contributed by atoms with Gasteiger partial charge in [-0.25, -0.2) is 4.39 Å². The molecular weight excluding hydrogens is 285 g/mol. The lowest BCUT2D eigenvalue weighted by Crippen LogP contribution is -2.20. The van der Waals surface area contributed by atoms with Gasteiger partial charge in [0.25, 0.3) is 0 Å². The van der Waals surface area contributed by atoms with E-state index in [-0.39, 0.29) is 5.82 Å². The standard InChI is InChI=1S/C13H19BrFNO/c1-10(2)9-17-6-5-16-8-11-3-4-12(14)7-13(11)15/h3-4,7,10,16H,5-6,8-9H2,1-2H3. The predicted molar refractivity (Wildman–Crippen MR) is 71.5 cm³/mol. The highest BCUT2D eigenvalue weighted by molar-refractivity contribution is 9.10. The second kappa shape index (κ2) is 7.80. The Hall–Kier alpha value is -0.450. The van der Waals surface area contributed by atoms with Gasteiger partial charge in [0, 0.05) is 29.7 Å². The number of benzene rings is 1. The molecule has 0 amide bonds. The van der Waals surface area contributed by atoms with E-state index < -0.39 is 0 Å². The largest absolute Gasteiger partial charge is 0.380 e. The molecule has 0 aliphatic carbocycles. The van der Waals surface area contributed by atoms with Crippen LogP contribution < -0.4 is 5.32 Å². The van der Waals surface area contributed by atoms with E-state index in [0.717, 1.165) is 17.6 Å². The van der Waals surface area contributed by atoms with E-state index in [1.54, 1.807) is 6.07 Å². The van der Waals surface area contributed by atoms with E-state index in [9.17, 15) is 4.39 Å². The molecule has 1 rings (SSSR count). The van der Waals surface area contributed by atoms with E-state index in [0.29, 0.717) is 24.6 Å². The molecule has 17 heavy (non-hydrogen) atoms. The summed E-state index contributed by atoms with van der Waals surface area (Å²) >= 11 is 3.23. The van der Waals surface area contributed by atoms with Crippen molar-refractivity contribution < 1.29 is 9.13 Å². The smallest absolute Gasteiger partial charge is 0.128 e. The molecule has 0 aromatic heterocycles. The fourth-order valence-corrected chi connectivity index (χ4v) is 1.68. The zero-order chi connectivity index (χ0) is 12.7. The third kappa shape index (κ3) is 6.15. The summed E-state index contributed by atoms with van der Waals surface area (Å²) in [7, 11) is 0. The summed E-state index contributed by atoms with van der Waals surface area (Å²) < 4.78 is 19.6. The highest BCUT2D eigenvalue weighted by atomic mass is 79.9. The molecule has 2 nitrogen and oxygen atoms in total. The summed E-state index contributed by atoms with van der Waals surface area (Å²) in [5, 5.41) is 3.16. The van der Waals surface area contributed by atoms with Crippen molar-refractivity contribution in [3.8, 4) is 0 Å². The van der Waals surface area contributed by atoms with Crippen LogP contribution in [0.25, 0.3) is 0 Å². The fraction of sp³-hybridized carbons (Fsp3) is 0.538. The van der Waals surface area contributed by atoms with Gasteiger partial charge in [-0.05, 0) is 18.1 Å². The minimum absolute atomic E-state index is 0.185. The normalized spacial score (nSPS) is 11.1. The van der Waals surface area contributed by atoms with Gasteiger partial charge in [-0.15, -0.1) is 0 Å². The summed E-state index contributed by atoms with van der Waals surface area (Å²) in [4.78, 5) is 0. The zero-order valence-electron chi connectivity index (χ0n) is 10.3. The van der Waals surface area contributed by atoms with Crippen LogP contribution in [-0.2, 0) is 11.3 Å². The molecule has 0 bridgehead atoms. The molecule has 0 saturated carbocycles. The molecule has 1 aromatic carbocycles. The van der Waals surface area contributed by atoms with E-state index in [4.69, 9.17) is 4.74 Å². The first-order chi connectivity index (χ1) is 8.09. The molecule has 0 aliphatic rings. The Morgan fingerprint density at radius 2 is 2.18 bits per heavy atom. The minimum Gasteiger partial charge on any atom is -0.380 e. The summed E-state index contributed by atoms with van der Waals surface area (Å²) in [5.41, 5.74) is 0.678. The number of rotatable bonds is 7. The quantitative estimate of drug-likeness (QED) is 0.780. The van der Waals surface area contributed by atoms with Gasteiger partial charge in [0.15, 0.2) is 0 Å². The minimum atomic E-state index is -0.185. The third-order valence-electron chi connectivity index (χ3n) is 2.20. The Morgan fingerprint density at radius 3 is 2.82 bits per heavy atom. The first-order valence-electron chi connectivity index (χ1n) is 5.82. The van der Waals surface area contributed by atoms with Crippen LogP contribution in [0.1, 0.15) is 19.4 Å². The van der Waals surface area contributed by atoms with E-state index in [1.165, 1.54) is 6.07 Å². The van der Waals surface area contributed by atoms with Crippen LogP contribution in [0.2, 0.25) is 0 Å². The molecule has 4 heteroatoms. The number of ether oxygens (including phenoxy) is 1. The Bertz CT molecular complexity index is 344. The van der Waals surface area contributed by atoms with Gasteiger partial charge in [0.05, 0.1) is 6.61 Å². The second-order valence-corrected chi connectivity index (χ2v) is 5.30. The lowest BCUT2D eigenvalue weighted by molar-refractivity contribution is 0.111. The van der Waals surface area contributed by atoms with Gasteiger partial charge in [0.1, 0.15) is 5.82 Å². The molecule has 96 valence electrons. The molecule has 0 fully saturated rings. The number of halogens is 2. The van der Waals surface area contributed by atoms with Crippen molar-refractivity contribution in [1.82, 2.24) is 5.32 Å². The SMILES string of the molecule is CC(C)COCCNCc1ccc(Br)cc1F. The first-order valence-corrected chi connectivity index (χ1v) is 6.61. The summed E-state index contributed by atoms with van der Waals surface area (Å²) in [5.74, 6) is 0.369. The van der Waals surface area contributed by atoms with Gasteiger partial charge in [-0.2, -0.15) is 0 Å². The maximum absolute atomic E-state index is 13.4. The maximum atomic E-state index is 13.4. The van der Waals surface area contributed by atoms with Crippen molar-refractivity contribution >= 4 is 15.9 Å². The lowest BCUT2D eigenvalue weighted by Gasteiger charge is -2.08. The van der Waals surface area contributed by atoms with E-state index in [2.05, 4.69) is 35.1 Å². The summed E-state index contributed by atoms with van der Waals surface area (Å²) in [6.07, 6.45) is 0. The van der Waals surface area contributed by atoms with Gasteiger partial charge < -0.3 is 10.1 Å². The van der Waals surface area contributed by atoms with E-state index >= 15 is 0 Å². The summed E-state index contributed by atoms with van der Waals surface area (Å²) in [6, 6.07) is 5.10. The van der Waals surface area contributed by atoms with Gasteiger partial charge >= 0.3 is 0 Å². The van der Waals surface area contributed by atoms with Crippen LogP contribution in [0.4, 0.5) is 4.39 Å². The fourth-order valence-electron chi connectivity index (χ4n) is 1.35. The van der Waals surface area contributed by atoms with Crippen molar-refractivity contribution in [3.63, 3.8) is 0 Å². The molecular formula is C13H19BrFNO. The lowest BCUT2D eigenvalue weighted by atomic mass is 10.2. The molecule has 0 aliphatic heterocycles. The number of hydrogen-bond acceptors (Lipinski definition) is 2. The predicted octanol–water partition coefficient (Wildman–Crippen LogP) is 3.35. The van der Waals surface area contributed by atoms with Crippen LogP contribution in [0.3, 0.4) is 0 Å². The van der Waals surface area contributed by atoms with Crippen LogP contribution in [0, 0.1) is 11.7 Å². The van der Waals surface area contributed by atoms with Crippen LogP contribution in [0.15, 0.2) is 22.7 Å². The van der Waals surface area contributed by atoms with Crippen LogP contribution >= 0.6 is 15.9 Å². The Morgan fingerprint density at radius 1 is 1.41 bits per heavy atom. The first kappa shape index (κ1) is 14.6. The molecule has 0 spiro atoms. The summed E-state index contributed by atoms with van der Waals surface area (Å²) in [6.45, 7) is 6.94. The molecule has 0 heterocycles. The highest BCUT2D eigenvalue weighted by Crippen LogP contribution is 2.14. The second-order valence-electron chi connectivity index (χ2n) is 4.38. The molecule has 0 radical (unpaired) electrons. The molecule has 1 aromatic rings. The van der Waals surface area contributed by atoms with Crippen molar-refractivity contribution in [2.75, 3.05) is 19.8 Å². The van der Waals surface area contributed by atoms with E-state index in [1.807, 2.05) is 6.07 Å². The van der Waals surface area contributed by atoms with Crippen molar-refractivity contribution in [2.45, 2.75) is 20.4 Å². The average molecular weight is 304 g/mol. The maximum Gasteiger partial charge on any atom is 0.128 e. The molecule has 1 N–H and O–H groups in total. The monoisotopic (exact) mass is 303 g/mol. The third-order valence-corrected chi connectivity index (χ3v) is 2.70. The van der Waals surface area contributed by atoms with Crippen LogP contribution in [0.5, 0.6) is 0 Å². The van der Waals surface area contributed by atoms with Crippen molar-refractivity contribution in [1.29, 1.82) is 0 Å². The van der Waals surface area contributed by atoms with Gasteiger partial charge in [0.2, 0.25) is 0 Å². The Balaban J connectivity index is 2.18. The Kier molecular flexibility index (Phi) is 6.70. The molecule has 0 unspecified atom stereocenters. The molecule has 0 saturated heterocycles. The number of hydrogen-bond donors (Lipinski definition) is 1. The number of nitrogens with one attached hydrogen (secondary N) is 1. The van der Waals surface area contributed by atoms with Crippen LogP contribution in [-0.4, -0.2) is 19.8 Å². The topological polar surface area (TPSA) is 21.3 Å². The van der Waals surface area contributed by atoms with Crippen molar-refractivity contribution in [2.24, 2.45) is 5.92 Å². The zero-order valence-corrected chi connectivity index (χ0v) is 11.9. The van der Waals surface area contributed by atoms with Gasteiger partial charge in [-0.3, -0.25) is 0 Å². The average Bonchev–Trinajstić information content (AvgIpc) is 2.25. The van der Waals surface area contributed by atoms with Crippen molar-refractivity contribution in [3.05, 3.63) is 34.1 Å².